The molecule has 1 atom stereocenters. The SMILES string of the molecule is CC(C)(CCOC(=O)CS)[C@@H](OC(=O)Nc1ccc2c(c1)OCO2)c1cc(I)ccc1O. The molecule has 2 aromatic carbocycles. The summed E-state index contributed by atoms with van der Waals surface area (Å²) in [5, 5.41) is 13.2. The van der Waals surface area contributed by atoms with Crippen molar-refractivity contribution in [1.29, 1.82) is 0 Å². The molecule has 8 nitrogen and oxygen atoms in total. The van der Waals surface area contributed by atoms with Gasteiger partial charge in [0.15, 0.2) is 11.5 Å². The molecule has 1 amide bonds. The normalized spacial score (nSPS) is 13.4. The fourth-order valence-electron chi connectivity index (χ4n) is 3.21. The van der Waals surface area contributed by atoms with Gasteiger partial charge in [-0.25, -0.2) is 4.79 Å². The third kappa shape index (κ3) is 6.12. The second-order valence-corrected chi connectivity index (χ2v) is 9.36. The van der Waals surface area contributed by atoms with Gasteiger partial charge in [-0.2, -0.15) is 12.6 Å². The molecule has 172 valence electrons. The molecule has 10 heteroatoms. The Hall–Kier alpha value is -2.34. The van der Waals surface area contributed by atoms with Crippen LogP contribution in [-0.2, 0) is 14.3 Å². The van der Waals surface area contributed by atoms with Crippen molar-refractivity contribution < 1.29 is 33.6 Å². The van der Waals surface area contributed by atoms with Crippen molar-refractivity contribution in [2.24, 2.45) is 5.41 Å². The molecule has 0 saturated carbocycles. The lowest BCUT2D eigenvalue weighted by molar-refractivity contribution is -0.141. The molecule has 2 aromatic rings. The average molecular weight is 573 g/mol. The lowest BCUT2D eigenvalue weighted by atomic mass is 9.79. The van der Waals surface area contributed by atoms with E-state index in [4.69, 9.17) is 18.9 Å². The lowest BCUT2D eigenvalue weighted by Gasteiger charge is -2.34. The summed E-state index contributed by atoms with van der Waals surface area (Å²) in [7, 11) is 0. The van der Waals surface area contributed by atoms with Crippen LogP contribution in [-0.4, -0.2) is 36.3 Å². The molecule has 0 radical (unpaired) electrons. The molecule has 1 heterocycles. The van der Waals surface area contributed by atoms with Gasteiger partial charge in [0, 0.05) is 26.3 Å². The molecule has 32 heavy (non-hydrogen) atoms. The number of halogens is 1. The Balaban J connectivity index is 1.79. The summed E-state index contributed by atoms with van der Waals surface area (Å²) in [6.07, 6.45) is -1.13. The van der Waals surface area contributed by atoms with E-state index in [0.29, 0.717) is 29.2 Å². The smallest absolute Gasteiger partial charge is 0.412 e. The van der Waals surface area contributed by atoms with E-state index in [1.807, 2.05) is 13.8 Å². The van der Waals surface area contributed by atoms with Crippen molar-refractivity contribution in [3.63, 3.8) is 0 Å². The Kier molecular flexibility index (Phi) is 7.99. The van der Waals surface area contributed by atoms with Gasteiger partial charge in [0.25, 0.3) is 0 Å². The van der Waals surface area contributed by atoms with E-state index in [1.165, 1.54) is 0 Å². The maximum atomic E-state index is 12.8. The quantitative estimate of drug-likeness (QED) is 0.235. The van der Waals surface area contributed by atoms with Crippen LogP contribution >= 0.6 is 35.2 Å². The minimum Gasteiger partial charge on any atom is -0.508 e. The number of hydrogen-bond acceptors (Lipinski definition) is 8. The van der Waals surface area contributed by atoms with Crippen LogP contribution in [0.3, 0.4) is 0 Å². The van der Waals surface area contributed by atoms with Gasteiger partial charge < -0.3 is 24.1 Å². The largest absolute Gasteiger partial charge is 0.508 e. The molecule has 2 N–H and O–H groups in total. The van der Waals surface area contributed by atoms with E-state index in [9.17, 15) is 14.7 Å². The number of carbonyl (C=O) groups excluding carboxylic acids is 2. The van der Waals surface area contributed by atoms with Gasteiger partial charge in [-0.05, 0) is 59.3 Å². The number of benzene rings is 2. The molecule has 0 aliphatic carbocycles. The van der Waals surface area contributed by atoms with Crippen LogP contribution in [0, 0.1) is 8.99 Å². The fourth-order valence-corrected chi connectivity index (χ4v) is 3.82. The Labute approximate surface area is 205 Å². The zero-order valence-corrected chi connectivity index (χ0v) is 20.6. The summed E-state index contributed by atoms with van der Waals surface area (Å²) in [6, 6.07) is 10.1. The molecule has 0 fully saturated rings. The summed E-state index contributed by atoms with van der Waals surface area (Å²) >= 11 is 6.02. The highest BCUT2D eigenvalue weighted by Crippen LogP contribution is 2.43. The van der Waals surface area contributed by atoms with Crippen molar-refractivity contribution >= 4 is 53.0 Å². The average Bonchev–Trinajstić information content (AvgIpc) is 3.21. The number of aromatic hydroxyl groups is 1. The first-order valence-corrected chi connectivity index (χ1v) is 11.5. The molecular weight excluding hydrogens is 549 g/mol. The highest BCUT2D eigenvalue weighted by atomic mass is 127. The highest BCUT2D eigenvalue weighted by molar-refractivity contribution is 14.1. The number of fused-ring (bicyclic) bond motifs is 1. The number of hydrogen-bond donors (Lipinski definition) is 3. The van der Waals surface area contributed by atoms with E-state index in [-0.39, 0.29) is 24.9 Å². The second-order valence-electron chi connectivity index (χ2n) is 7.80. The molecule has 3 rings (SSSR count). The van der Waals surface area contributed by atoms with E-state index in [0.717, 1.165) is 3.57 Å². The number of rotatable bonds is 8. The first-order chi connectivity index (χ1) is 15.2. The van der Waals surface area contributed by atoms with Crippen molar-refractivity contribution in [1.82, 2.24) is 0 Å². The summed E-state index contributed by atoms with van der Waals surface area (Å²) in [6.45, 7) is 4.00. The molecule has 0 spiro atoms. The van der Waals surface area contributed by atoms with Gasteiger partial charge in [0.05, 0.1) is 12.4 Å². The fraction of sp³-hybridized carbons (Fsp3) is 0.364. The number of esters is 1. The number of nitrogens with one attached hydrogen (secondary N) is 1. The second kappa shape index (κ2) is 10.5. The van der Waals surface area contributed by atoms with Crippen LogP contribution < -0.4 is 14.8 Å². The first kappa shape index (κ1) is 24.3. The van der Waals surface area contributed by atoms with Crippen LogP contribution in [0.4, 0.5) is 10.5 Å². The predicted molar refractivity (Wildman–Crippen MR) is 129 cm³/mol. The number of phenolic OH excluding ortho intramolecular Hbond substituents is 1. The number of phenols is 1. The zero-order chi connectivity index (χ0) is 23.3. The minimum atomic E-state index is -0.819. The predicted octanol–water partition coefficient (Wildman–Crippen LogP) is 4.90. The van der Waals surface area contributed by atoms with Crippen LogP contribution in [0.15, 0.2) is 36.4 Å². The van der Waals surface area contributed by atoms with Crippen LogP contribution in [0.5, 0.6) is 17.2 Å². The van der Waals surface area contributed by atoms with Gasteiger partial charge >= 0.3 is 12.1 Å². The van der Waals surface area contributed by atoms with Crippen LogP contribution in [0.1, 0.15) is 31.9 Å². The molecule has 0 aromatic heterocycles. The molecule has 0 bridgehead atoms. The minimum absolute atomic E-state index is 0.00623. The van der Waals surface area contributed by atoms with Crippen LogP contribution in [0.25, 0.3) is 0 Å². The Morgan fingerprint density at radius 1 is 1.22 bits per heavy atom. The highest BCUT2D eigenvalue weighted by Gasteiger charge is 2.36. The third-order valence-corrected chi connectivity index (χ3v) is 5.89. The maximum Gasteiger partial charge on any atom is 0.412 e. The topological polar surface area (TPSA) is 103 Å². The molecule has 1 aliphatic rings. The first-order valence-electron chi connectivity index (χ1n) is 9.82. The Morgan fingerprint density at radius 3 is 2.72 bits per heavy atom. The molecule has 1 aliphatic heterocycles. The summed E-state index contributed by atoms with van der Waals surface area (Å²) in [4.78, 5) is 24.2. The number of carbonyl (C=O) groups is 2. The Bertz CT molecular complexity index is 998. The number of thiol groups is 1. The standard InChI is InChI=1S/C22H24INO7S/c1-22(2,7-8-28-19(26)11-32)20(15-9-13(23)3-5-16(15)25)31-21(27)24-14-4-6-17-18(10-14)30-12-29-17/h3-6,9-10,20,25,32H,7-8,11-12H2,1-2H3,(H,24,27)/t20-/m0/s1. The van der Waals surface area contributed by atoms with Crippen molar-refractivity contribution in [2.45, 2.75) is 26.4 Å². The van der Waals surface area contributed by atoms with E-state index in [2.05, 4.69) is 40.5 Å². The number of amides is 1. The van der Waals surface area contributed by atoms with Crippen LogP contribution in [0.2, 0.25) is 0 Å². The lowest BCUT2D eigenvalue weighted by Crippen LogP contribution is -2.30. The zero-order valence-electron chi connectivity index (χ0n) is 17.6. The maximum absolute atomic E-state index is 12.8. The van der Waals surface area contributed by atoms with E-state index < -0.39 is 23.6 Å². The molecule has 0 unspecified atom stereocenters. The molecular formula is C22H24INO7S. The monoisotopic (exact) mass is 573 g/mol. The summed E-state index contributed by atoms with van der Waals surface area (Å²) in [5.41, 5.74) is 0.263. The number of anilines is 1. The third-order valence-electron chi connectivity index (χ3n) is 4.96. The van der Waals surface area contributed by atoms with Gasteiger partial charge in [0.2, 0.25) is 6.79 Å². The van der Waals surface area contributed by atoms with Gasteiger partial charge in [-0.15, -0.1) is 0 Å². The summed E-state index contributed by atoms with van der Waals surface area (Å²) < 4.78 is 22.4. The van der Waals surface area contributed by atoms with Gasteiger partial charge in [-0.3, -0.25) is 10.1 Å². The van der Waals surface area contributed by atoms with Crippen molar-refractivity contribution in [3.05, 3.63) is 45.5 Å². The Morgan fingerprint density at radius 2 is 1.97 bits per heavy atom. The van der Waals surface area contributed by atoms with E-state index in [1.54, 1.807) is 36.4 Å². The van der Waals surface area contributed by atoms with E-state index >= 15 is 0 Å². The van der Waals surface area contributed by atoms with Crippen molar-refractivity contribution in [3.8, 4) is 17.2 Å². The van der Waals surface area contributed by atoms with Gasteiger partial charge in [-0.1, -0.05) is 13.8 Å². The molecule has 0 saturated heterocycles. The van der Waals surface area contributed by atoms with Gasteiger partial charge in [0.1, 0.15) is 11.9 Å². The number of ether oxygens (including phenoxy) is 4. The van der Waals surface area contributed by atoms with Crippen molar-refractivity contribution in [2.75, 3.05) is 24.5 Å². The summed E-state index contributed by atoms with van der Waals surface area (Å²) in [5.74, 6) is 0.685.